The van der Waals surface area contributed by atoms with E-state index in [1.165, 1.54) is 0 Å². The van der Waals surface area contributed by atoms with E-state index in [9.17, 15) is 9.59 Å². The predicted octanol–water partition coefficient (Wildman–Crippen LogP) is 2.45. The fourth-order valence-corrected chi connectivity index (χ4v) is 3.17. The van der Waals surface area contributed by atoms with Crippen molar-refractivity contribution in [2.75, 3.05) is 19.6 Å². The molecule has 0 aliphatic carbocycles. The van der Waals surface area contributed by atoms with Crippen molar-refractivity contribution in [2.45, 2.75) is 26.7 Å². The van der Waals surface area contributed by atoms with Gasteiger partial charge in [-0.15, -0.1) is 0 Å². The first-order valence-electron chi connectivity index (χ1n) is 8.37. The first-order valence-corrected chi connectivity index (χ1v) is 8.37. The van der Waals surface area contributed by atoms with E-state index in [-0.39, 0.29) is 18.4 Å². The molecule has 0 radical (unpaired) electrons. The predicted molar refractivity (Wildman–Crippen MR) is 93.4 cm³/mol. The van der Waals surface area contributed by atoms with E-state index in [1.54, 1.807) is 17.0 Å². The summed E-state index contributed by atoms with van der Waals surface area (Å²) in [5.74, 6) is -0.217. The van der Waals surface area contributed by atoms with Crippen LogP contribution in [0.25, 0.3) is 5.69 Å². The number of nitrogens with zero attached hydrogens (tertiary/aromatic N) is 2. The normalized spacial score (nSPS) is 14.0. The summed E-state index contributed by atoms with van der Waals surface area (Å²) in [6.07, 6.45) is 2.11. The summed E-state index contributed by atoms with van der Waals surface area (Å²) in [6, 6.07) is 11.6. The van der Waals surface area contributed by atoms with Crippen molar-refractivity contribution < 1.29 is 9.59 Å². The summed E-state index contributed by atoms with van der Waals surface area (Å²) in [5, 5.41) is 2.72. The highest BCUT2D eigenvalue weighted by Crippen LogP contribution is 2.17. The van der Waals surface area contributed by atoms with E-state index in [2.05, 4.69) is 35.9 Å². The Bertz CT molecular complexity index is 721. The van der Waals surface area contributed by atoms with E-state index >= 15 is 0 Å². The van der Waals surface area contributed by atoms with E-state index in [0.29, 0.717) is 5.56 Å². The van der Waals surface area contributed by atoms with E-state index < -0.39 is 0 Å². The number of rotatable bonds is 4. The maximum absolute atomic E-state index is 12.2. The molecule has 0 saturated carbocycles. The van der Waals surface area contributed by atoms with E-state index in [1.807, 2.05) is 12.1 Å². The fourth-order valence-electron chi connectivity index (χ4n) is 3.17. The SMILES string of the molecule is Cc1ccc(C)n1-c1ccc(C(=O)NCC(=O)N2CCCC2)cc1. The topological polar surface area (TPSA) is 54.3 Å². The lowest BCUT2D eigenvalue weighted by molar-refractivity contribution is -0.129. The van der Waals surface area contributed by atoms with Gasteiger partial charge in [-0.1, -0.05) is 0 Å². The summed E-state index contributed by atoms with van der Waals surface area (Å²) < 4.78 is 2.14. The van der Waals surface area contributed by atoms with Crippen LogP contribution in [0, 0.1) is 13.8 Å². The molecule has 2 heterocycles. The van der Waals surface area contributed by atoms with Gasteiger partial charge in [-0.2, -0.15) is 0 Å². The molecule has 0 spiro atoms. The van der Waals surface area contributed by atoms with Gasteiger partial charge in [0.25, 0.3) is 5.91 Å². The molecule has 126 valence electrons. The monoisotopic (exact) mass is 325 g/mol. The summed E-state index contributed by atoms with van der Waals surface area (Å²) in [7, 11) is 0. The number of carbonyl (C=O) groups is 2. The van der Waals surface area contributed by atoms with Gasteiger partial charge in [-0.25, -0.2) is 0 Å². The van der Waals surface area contributed by atoms with Crippen molar-refractivity contribution in [3.05, 3.63) is 53.3 Å². The first kappa shape index (κ1) is 16.3. The van der Waals surface area contributed by atoms with Crippen LogP contribution in [0.4, 0.5) is 0 Å². The number of aromatic nitrogens is 1. The van der Waals surface area contributed by atoms with Crippen molar-refractivity contribution in [1.82, 2.24) is 14.8 Å². The molecule has 1 saturated heterocycles. The summed E-state index contributed by atoms with van der Waals surface area (Å²) in [4.78, 5) is 26.0. The molecule has 1 aliphatic rings. The van der Waals surface area contributed by atoms with Gasteiger partial charge in [0.15, 0.2) is 0 Å². The van der Waals surface area contributed by atoms with Crippen LogP contribution in [0.5, 0.6) is 0 Å². The standard InChI is InChI=1S/C19H23N3O2/c1-14-5-6-15(2)22(14)17-9-7-16(8-10-17)19(24)20-13-18(23)21-11-3-4-12-21/h5-10H,3-4,11-13H2,1-2H3,(H,20,24). The molecular weight excluding hydrogens is 302 g/mol. The Kier molecular flexibility index (Phi) is 4.69. The Balaban J connectivity index is 1.63. The lowest BCUT2D eigenvalue weighted by Crippen LogP contribution is -2.38. The van der Waals surface area contributed by atoms with Crippen molar-refractivity contribution in [3.63, 3.8) is 0 Å². The zero-order valence-corrected chi connectivity index (χ0v) is 14.2. The van der Waals surface area contributed by atoms with Crippen LogP contribution in [-0.4, -0.2) is 40.9 Å². The molecule has 3 rings (SSSR count). The Hall–Kier alpha value is -2.56. The summed E-state index contributed by atoms with van der Waals surface area (Å²) in [5.41, 5.74) is 3.90. The quantitative estimate of drug-likeness (QED) is 0.939. The van der Waals surface area contributed by atoms with Gasteiger partial charge in [-0.3, -0.25) is 9.59 Å². The number of nitrogens with one attached hydrogen (secondary N) is 1. The molecule has 1 aliphatic heterocycles. The maximum Gasteiger partial charge on any atom is 0.251 e. The van der Waals surface area contributed by atoms with Crippen LogP contribution in [0.3, 0.4) is 0 Å². The highest BCUT2D eigenvalue weighted by molar-refractivity contribution is 5.96. The third-order valence-electron chi connectivity index (χ3n) is 4.52. The molecule has 0 bridgehead atoms. The molecule has 1 fully saturated rings. The van der Waals surface area contributed by atoms with Crippen molar-refractivity contribution in [2.24, 2.45) is 0 Å². The Labute approximate surface area is 142 Å². The van der Waals surface area contributed by atoms with E-state index in [4.69, 9.17) is 0 Å². The number of likely N-dealkylation sites (tertiary alicyclic amines) is 1. The average molecular weight is 325 g/mol. The van der Waals surface area contributed by atoms with Gasteiger partial charge in [0.1, 0.15) is 0 Å². The zero-order chi connectivity index (χ0) is 17.1. The highest BCUT2D eigenvalue weighted by Gasteiger charge is 2.18. The molecular formula is C19H23N3O2. The molecule has 2 amide bonds. The van der Waals surface area contributed by atoms with Crippen LogP contribution in [-0.2, 0) is 4.79 Å². The summed E-state index contributed by atoms with van der Waals surface area (Å²) in [6.45, 7) is 5.78. The first-order chi connectivity index (χ1) is 11.6. The second-order valence-corrected chi connectivity index (χ2v) is 6.27. The molecule has 1 N–H and O–H groups in total. The molecule has 2 aromatic rings. The molecule has 1 aromatic carbocycles. The molecule has 24 heavy (non-hydrogen) atoms. The molecule has 5 nitrogen and oxygen atoms in total. The van der Waals surface area contributed by atoms with Crippen molar-refractivity contribution in [1.29, 1.82) is 0 Å². The smallest absolute Gasteiger partial charge is 0.251 e. The molecule has 0 atom stereocenters. The minimum atomic E-state index is -0.213. The molecule has 5 heteroatoms. The number of carbonyl (C=O) groups excluding carboxylic acids is 2. The van der Waals surface area contributed by atoms with E-state index in [0.717, 1.165) is 43.0 Å². The third-order valence-corrected chi connectivity index (χ3v) is 4.52. The average Bonchev–Trinajstić information content (AvgIpc) is 3.23. The van der Waals surface area contributed by atoms with Crippen LogP contribution in [0.2, 0.25) is 0 Å². The van der Waals surface area contributed by atoms with Gasteiger partial charge in [0.05, 0.1) is 6.54 Å². The minimum Gasteiger partial charge on any atom is -0.343 e. The number of hydrogen-bond acceptors (Lipinski definition) is 2. The second kappa shape index (κ2) is 6.91. The molecule has 0 unspecified atom stereocenters. The van der Waals surface area contributed by atoms with Crippen LogP contribution >= 0.6 is 0 Å². The fraction of sp³-hybridized carbons (Fsp3) is 0.368. The minimum absolute atomic E-state index is 0.00365. The third kappa shape index (κ3) is 3.35. The lowest BCUT2D eigenvalue weighted by atomic mass is 10.2. The largest absolute Gasteiger partial charge is 0.343 e. The zero-order valence-electron chi connectivity index (χ0n) is 14.2. The van der Waals surface area contributed by atoms with Crippen molar-refractivity contribution in [3.8, 4) is 5.69 Å². The van der Waals surface area contributed by atoms with Gasteiger partial charge in [0.2, 0.25) is 5.91 Å². The van der Waals surface area contributed by atoms with Crippen LogP contribution in [0.15, 0.2) is 36.4 Å². The summed E-state index contributed by atoms with van der Waals surface area (Å²) >= 11 is 0. The number of aryl methyl sites for hydroxylation is 2. The Morgan fingerprint density at radius 3 is 2.12 bits per heavy atom. The van der Waals surface area contributed by atoms with Crippen molar-refractivity contribution >= 4 is 11.8 Å². The Morgan fingerprint density at radius 1 is 0.958 bits per heavy atom. The maximum atomic E-state index is 12.2. The molecule has 1 aromatic heterocycles. The van der Waals surface area contributed by atoms with Gasteiger partial charge in [0, 0.05) is 35.7 Å². The number of benzene rings is 1. The highest BCUT2D eigenvalue weighted by atomic mass is 16.2. The van der Waals surface area contributed by atoms with Gasteiger partial charge in [-0.05, 0) is 63.1 Å². The van der Waals surface area contributed by atoms with Crippen LogP contribution < -0.4 is 5.32 Å². The Morgan fingerprint density at radius 2 is 1.54 bits per heavy atom. The second-order valence-electron chi connectivity index (χ2n) is 6.27. The number of hydrogen-bond donors (Lipinski definition) is 1. The lowest BCUT2D eigenvalue weighted by Gasteiger charge is -2.15. The van der Waals surface area contributed by atoms with Gasteiger partial charge < -0.3 is 14.8 Å². The van der Waals surface area contributed by atoms with Gasteiger partial charge >= 0.3 is 0 Å². The number of amides is 2. The van der Waals surface area contributed by atoms with Crippen LogP contribution in [0.1, 0.15) is 34.6 Å².